The number of anilines is 1. The maximum atomic E-state index is 6.16. The predicted octanol–water partition coefficient (Wildman–Crippen LogP) is 9.23. The molecule has 1 rings (SSSR count). The summed E-state index contributed by atoms with van der Waals surface area (Å²) in [6.45, 7) is 6.97. The van der Waals surface area contributed by atoms with Crippen molar-refractivity contribution in [2.45, 2.75) is 129 Å². The van der Waals surface area contributed by atoms with Crippen LogP contribution in [0.2, 0.25) is 0 Å². The van der Waals surface area contributed by atoms with Crippen molar-refractivity contribution < 1.29 is 0 Å². The van der Waals surface area contributed by atoms with Crippen LogP contribution in [-0.2, 0) is 5.41 Å². The highest BCUT2D eigenvalue weighted by Crippen LogP contribution is 2.33. The molecule has 0 aliphatic carbocycles. The number of nitrogens with two attached hydrogens (primary N) is 1. The minimum Gasteiger partial charge on any atom is -0.398 e. The number of nitrogen functional groups attached to an aromatic ring is 1. The molecule has 0 heterocycles. The molecule has 0 aliphatic heterocycles. The zero-order valence-electron chi connectivity index (χ0n) is 19.1. The van der Waals surface area contributed by atoms with E-state index in [0.29, 0.717) is 0 Å². The first-order valence-electron chi connectivity index (χ1n) is 11.9. The summed E-state index contributed by atoms with van der Waals surface area (Å²) < 4.78 is 0. The summed E-state index contributed by atoms with van der Waals surface area (Å²) in [6.07, 6.45) is 22.6. The van der Waals surface area contributed by atoms with Gasteiger partial charge in [0.2, 0.25) is 0 Å². The molecule has 0 saturated carbocycles. The van der Waals surface area contributed by atoms with E-state index in [-0.39, 0.29) is 17.8 Å². The van der Waals surface area contributed by atoms with Crippen LogP contribution in [0, 0.1) is 0 Å². The summed E-state index contributed by atoms with van der Waals surface area (Å²) in [4.78, 5) is 0. The van der Waals surface area contributed by atoms with Gasteiger partial charge in [0.05, 0.1) is 0 Å². The number of unbranched alkanes of at least 4 members (excludes halogenated alkanes) is 14. The summed E-state index contributed by atoms with van der Waals surface area (Å²) in [7, 11) is 0. The molecule has 0 radical (unpaired) electrons. The summed E-state index contributed by atoms with van der Waals surface area (Å²) in [5, 5.41) is 0. The quantitative estimate of drug-likeness (QED) is 0.201. The minimum absolute atomic E-state index is 0. The highest BCUT2D eigenvalue weighted by molar-refractivity contribution is 5.85. The fourth-order valence-corrected chi connectivity index (χ4v) is 4.19. The lowest BCUT2D eigenvalue weighted by Gasteiger charge is -2.26. The molecular weight excluding hydrogens is 362 g/mol. The Bertz CT molecular complexity index is 469. The molecule has 0 fully saturated rings. The van der Waals surface area contributed by atoms with E-state index in [2.05, 4.69) is 32.9 Å². The van der Waals surface area contributed by atoms with Gasteiger partial charge in [-0.3, -0.25) is 0 Å². The Morgan fingerprint density at radius 1 is 0.643 bits per heavy atom. The zero-order valence-corrected chi connectivity index (χ0v) is 19.9. The molecule has 2 N–H and O–H groups in total. The fraction of sp³-hybridized carbons (Fsp3) is 0.769. The normalized spacial score (nSPS) is 11.4. The second-order valence-corrected chi connectivity index (χ2v) is 9.17. The van der Waals surface area contributed by atoms with Crippen molar-refractivity contribution in [1.29, 1.82) is 0 Å². The van der Waals surface area contributed by atoms with Gasteiger partial charge in [-0.1, -0.05) is 135 Å². The van der Waals surface area contributed by atoms with Crippen molar-refractivity contribution in [2.75, 3.05) is 5.73 Å². The van der Waals surface area contributed by atoms with Crippen LogP contribution in [0.3, 0.4) is 0 Å². The highest BCUT2D eigenvalue weighted by Gasteiger charge is 2.21. The second kappa shape index (κ2) is 17.2. The van der Waals surface area contributed by atoms with Crippen molar-refractivity contribution in [1.82, 2.24) is 0 Å². The third-order valence-electron chi connectivity index (χ3n) is 6.10. The van der Waals surface area contributed by atoms with Crippen LogP contribution in [0.4, 0.5) is 5.69 Å². The van der Waals surface area contributed by atoms with Gasteiger partial charge in [0.1, 0.15) is 0 Å². The van der Waals surface area contributed by atoms with Crippen LogP contribution in [0.1, 0.15) is 129 Å². The van der Waals surface area contributed by atoms with E-state index in [0.717, 1.165) is 5.69 Å². The first-order chi connectivity index (χ1) is 13.1. The third-order valence-corrected chi connectivity index (χ3v) is 6.10. The molecule has 0 aliphatic rings. The third kappa shape index (κ3) is 12.7. The maximum absolute atomic E-state index is 6.16. The van der Waals surface area contributed by atoms with Gasteiger partial charge in [0, 0.05) is 5.69 Å². The Morgan fingerprint density at radius 2 is 1.04 bits per heavy atom. The molecule has 1 aromatic carbocycles. The molecule has 0 aromatic heterocycles. The van der Waals surface area contributed by atoms with E-state index >= 15 is 0 Å². The van der Waals surface area contributed by atoms with Gasteiger partial charge in [0.15, 0.2) is 0 Å². The first-order valence-corrected chi connectivity index (χ1v) is 11.9. The molecule has 0 spiro atoms. The summed E-state index contributed by atoms with van der Waals surface area (Å²) in [5.41, 5.74) is 8.62. The van der Waals surface area contributed by atoms with Crippen molar-refractivity contribution in [3.8, 4) is 0 Å². The van der Waals surface area contributed by atoms with Crippen molar-refractivity contribution in [3.05, 3.63) is 29.8 Å². The molecule has 0 unspecified atom stereocenters. The Hall–Kier alpha value is -0.690. The van der Waals surface area contributed by atoms with E-state index in [1.807, 2.05) is 12.1 Å². The monoisotopic (exact) mass is 409 g/mol. The SMILES string of the molecule is CCCCCCCCCCCCCCCCCC(C)(C)c1ccccc1N.Cl. The van der Waals surface area contributed by atoms with E-state index in [1.54, 1.807) is 0 Å². The number of hydrogen-bond acceptors (Lipinski definition) is 1. The molecule has 0 atom stereocenters. The molecular formula is C26H48ClN. The second-order valence-electron chi connectivity index (χ2n) is 9.17. The van der Waals surface area contributed by atoms with Crippen LogP contribution in [0.5, 0.6) is 0 Å². The Morgan fingerprint density at radius 3 is 1.46 bits per heavy atom. The topological polar surface area (TPSA) is 26.0 Å². The Balaban J connectivity index is 0.00000729. The van der Waals surface area contributed by atoms with Crippen LogP contribution >= 0.6 is 12.4 Å². The molecule has 2 heteroatoms. The zero-order chi connectivity index (χ0) is 19.8. The number of hydrogen-bond donors (Lipinski definition) is 1. The van der Waals surface area contributed by atoms with Gasteiger partial charge in [-0.05, 0) is 23.5 Å². The van der Waals surface area contributed by atoms with E-state index < -0.39 is 0 Å². The fourth-order valence-electron chi connectivity index (χ4n) is 4.19. The molecule has 0 bridgehead atoms. The molecule has 164 valence electrons. The predicted molar refractivity (Wildman–Crippen MR) is 131 cm³/mol. The van der Waals surface area contributed by atoms with E-state index in [1.165, 1.54) is 108 Å². The maximum Gasteiger partial charge on any atom is 0.0352 e. The average Bonchev–Trinajstić information content (AvgIpc) is 2.65. The van der Waals surface area contributed by atoms with Gasteiger partial charge in [0.25, 0.3) is 0 Å². The number of rotatable bonds is 17. The van der Waals surface area contributed by atoms with Gasteiger partial charge in [-0.25, -0.2) is 0 Å². The summed E-state index contributed by atoms with van der Waals surface area (Å²) >= 11 is 0. The van der Waals surface area contributed by atoms with Crippen molar-refractivity contribution in [3.63, 3.8) is 0 Å². The molecule has 0 saturated heterocycles. The van der Waals surface area contributed by atoms with Crippen molar-refractivity contribution in [2.24, 2.45) is 0 Å². The lowest BCUT2D eigenvalue weighted by molar-refractivity contribution is 0.442. The minimum atomic E-state index is 0. The highest BCUT2D eigenvalue weighted by atomic mass is 35.5. The average molecular weight is 410 g/mol. The van der Waals surface area contributed by atoms with Crippen LogP contribution in [-0.4, -0.2) is 0 Å². The van der Waals surface area contributed by atoms with Crippen LogP contribution in [0.25, 0.3) is 0 Å². The van der Waals surface area contributed by atoms with Gasteiger partial charge in [-0.2, -0.15) is 0 Å². The van der Waals surface area contributed by atoms with E-state index in [4.69, 9.17) is 5.73 Å². The van der Waals surface area contributed by atoms with Crippen molar-refractivity contribution >= 4 is 18.1 Å². The smallest absolute Gasteiger partial charge is 0.0352 e. The van der Waals surface area contributed by atoms with Crippen LogP contribution < -0.4 is 5.73 Å². The van der Waals surface area contributed by atoms with Crippen LogP contribution in [0.15, 0.2) is 24.3 Å². The van der Waals surface area contributed by atoms with Gasteiger partial charge < -0.3 is 5.73 Å². The largest absolute Gasteiger partial charge is 0.398 e. The lowest BCUT2D eigenvalue weighted by atomic mass is 9.79. The number of para-hydroxylation sites is 1. The molecule has 1 aromatic rings. The Labute approximate surface area is 182 Å². The summed E-state index contributed by atoms with van der Waals surface area (Å²) in [6, 6.07) is 8.37. The molecule has 1 nitrogen and oxygen atoms in total. The standard InChI is InChI=1S/C26H47N.ClH/c1-4-5-6-7-8-9-10-11-12-13-14-15-16-17-20-23-26(2,3)24-21-18-19-22-25(24)27;/h18-19,21-22H,4-17,20,23,27H2,1-3H3;1H. The molecule has 0 amide bonds. The van der Waals surface area contributed by atoms with E-state index in [9.17, 15) is 0 Å². The number of benzene rings is 1. The van der Waals surface area contributed by atoms with Gasteiger partial charge in [-0.15, -0.1) is 12.4 Å². The Kier molecular flexibility index (Phi) is 16.8. The first kappa shape index (κ1) is 27.3. The summed E-state index contributed by atoms with van der Waals surface area (Å²) in [5.74, 6) is 0. The lowest BCUT2D eigenvalue weighted by Crippen LogP contribution is -2.18. The van der Waals surface area contributed by atoms with Gasteiger partial charge >= 0.3 is 0 Å². The molecule has 28 heavy (non-hydrogen) atoms. The number of halogens is 1.